The van der Waals surface area contributed by atoms with Gasteiger partial charge in [0.15, 0.2) is 5.78 Å². The summed E-state index contributed by atoms with van der Waals surface area (Å²) in [5.74, 6) is -0.0200. The number of Topliss-reactive ketones (excluding diaryl/α,β-unsaturated/α-hetero) is 1. The van der Waals surface area contributed by atoms with Gasteiger partial charge in [0, 0.05) is 11.5 Å². The molecule has 1 aromatic rings. The average Bonchev–Trinajstić information content (AvgIpc) is 2.98. The maximum absolute atomic E-state index is 11.7. The highest BCUT2D eigenvalue weighted by molar-refractivity contribution is 6.00. The van der Waals surface area contributed by atoms with Crippen molar-refractivity contribution in [1.82, 2.24) is 0 Å². The molecule has 1 saturated carbocycles. The van der Waals surface area contributed by atoms with Crippen LogP contribution >= 0.6 is 0 Å². The highest BCUT2D eigenvalue weighted by atomic mass is 16.1. The Morgan fingerprint density at radius 1 is 1.36 bits per heavy atom. The maximum atomic E-state index is 11.7. The quantitative estimate of drug-likeness (QED) is 0.410. The minimum atomic E-state index is -0.125. The Hall–Kier alpha value is -1.73. The van der Waals surface area contributed by atoms with E-state index in [4.69, 9.17) is 0 Å². The van der Waals surface area contributed by atoms with Gasteiger partial charge in [-0.1, -0.05) is 30.3 Å². The number of rotatable bonds is 3. The van der Waals surface area contributed by atoms with Gasteiger partial charge in [0.2, 0.25) is 6.08 Å². The number of aliphatic imine (C=N–C) groups is 1. The predicted molar refractivity (Wildman–Crippen MR) is 50.8 cm³/mol. The van der Waals surface area contributed by atoms with Crippen LogP contribution in [0.15, 0.2) is 35.3 Å². The Balaban J connectivity index is 2.09. The van der Waals surface area contributed by atoms with E-state index in [2.05, 4.69) is 4.99 Å². The molecule has 0 heterocycles. The van der Waals surface area contributed by atoms with E-state index < -0.39 is 0 Å². The van der Waals surface area contributed by atoms with Crippen LogP contribution in [0, 0.1) is 5.92 Å². The molecule has 70 valence electrons. The molecule has 0 bridgehead atoms. The van der Waals surface area contributed by atoms with Crippen molar-refractivity contribution in [3.63, 3.8) is 0 Å². The van der Waals surface area contributed by atoms with Crippen molar-refractivity contribution in [3.05, 3.63) is 35.9 Å². The van der Waals surface area contributed by atoms with Crippen LogP contribution in [0.1, 0.15) is 16.8 Å². The van der Waals surface area contributed by atoms with Gasteiger partial charge in [0.05, 0.1) is 6.04 Å². The second-order valence-electron chi connectivity index (χ2n) is 3.36. The Bertz CT molecular complexity index is 393. The van der Waals surface area contributed by atoms with Crippen LogP contribution in [-0.4, -0.2) is 17.9 Å². The second kappa shape index (κ2) is 3.56. The Labute approximate surface area is 81.5 Å². The van der Waals surface area contributed by atoms with Crippen molar-refractivity contribution < 1.29 is 9.59 Å². The normalized spacial score (nSPS) is 23.7. The van der Waals surface area contributed by atoms with E-state index >= 15 is 0 Å². The molecule has 0 aromatic heterocycles. The molecule has 1 aliphatic rings. The van der Waals surface area contributed by atoms with E-state index in [1.54, 1.807) is 12.1 Å². The number of carbonyl (C=O) groups excluding carboxylic acids is 2. The molecule has 3 heteroatoms. The van der Waals surface area contributed by atoms with E-state index in [1.807, 2.05) is 18.2 Å². The molecule has 0 spiro atoms. The fourth-order valence-corrected chi connectivity index (χ4v) is 1.49. The molecule has 2 unspecified atom stereocenters. The summed E-state index contributed by atoms with van der Waals surface area (Å²) in [5.41, 5.74) is 0.695. The molecule has 14 heavy (non-hydrogen) atoms. The van der Waals surface area contributed by atoms with Crippen molar-refractivity contribution in [1.29, 1.82) is 0 Å². The van der Waals surface area contributed by atoms with Crippen molar-refractivity contribution in [2.45, 2.75) is 12.5 Å². The molecule has 2 atom stereocenters. The van der Waals surface area contributed by atoms with Crippen LogP contribution in [0.5, 0.6) is 0 Å². The Morgan fingerprint density at radius 3 is 2.71 bits per heavy atom. The summed E-state index contributed by atoms with van der Waals surface area (Å²) >= 11 is 0. The molecule has 0 radical (unpaired) electrons. The fraction of sp³-hybridized carbons (Fsp3) is 0.273. The van der Waals surface area contributed by atoms with Gasteiger partial charge in [-0.3, -0.25) is 4.79 Å². The lowest BCUT2D eigenvalue weighted by atomic mass is 10.1. The van der Waals surface area contributed by atoms with Crippen molar-refractivity contribution in [3.8, 4) is 0 Å². The minimum absolute atomic E-state index is 0.0783. The SMILES string of the molecule is O=C=NC1CC1C(=O)c1ccccc1. The smallest absolute Gasteiger partial charge is 0.235 e. The highest BCUT2D eigenvalue weighted by Crippen LogP contribution is 2.36. The maximum Gasteiger partial charge on any atom is 0.235 e. The number of carbonyl (C=O) groups is 1. The van der Waals surface area contributed by atoms with Crippen LogP contribution in [-0.2, 0) is 4.79 Å². The minimum Gasteiger partial charge on any atom is -0.294 e. The van der Waals surface area contributed by atoms with E-state index in [1.165, 1.54) is 6.08 Å². The number of hydrogen-bond acceptors (Lipinski definition) is 3. The first-order valence-electron chi connectivity index (χ1n) is 4.49. The summed E-state index contributed by atoms with van der Waals surface area (Å²) in [7, 11) is 0. The van der Waals surface area contributed by atoms with Gasteiger partial charge in [-0.05, 0) is 6.42 Å². The summed E-state index contributed by atoms with van der Waals surface area (Å²) in [5, 5.41) is 0. The van der Waals surface area contributed by atoms with Gasteiger partial charge < -0.3 is 0 Å². The lowest BCUT2D eigenvalue weighted by molar-refractivity contribution is 0.0966. The van der Waals surface area contributed by atoms with Crippen molar-refractivity contribution in [2.75, 3.05) is 0 Å². The molecule has 0 amide bonds. The lowest BCUT2D eigenvalue weighted by Gasteiger charge is -1.96. The number of ketones is 1. The topological polar surface area (TPSA) is 46.5 Å². The zero-order chi connectivity index (χ0) is 9.97. The van der Waals surface area contributed by atoms with Gasteiger partial charge in [-0.15, -0.1) is 0 Å². The molecule has 3 nitrogen and oxygen atoms in total. The van der Waals surface area contributed by atoms with Crippen molar-refractivity contribution >= 4 is 11.9 Å². The van der Waals surface area contributed by atoms with Crippen LogP contribution in [0.3, 0.4) is 0 Å². The number of nitrogens with zero attached hydrogens (tertiary/aromatic N) is 1. The van der Waals surface area contributed by atoms with E-state index in [0.29, 0.717) is 12.0 Å². The standard InChI is InChI=1S/C11H9NO2/c13-7-12-10-6-9(10)11(14)8-4-2-1-3-5-8/h1-5,9-10H,6H2. The number of hydrogen-bond donors (Lipinski definition) is 0. The third-order valence-corrected chi connectivity index (χ3v) is 2.37. The molecule has 2 rings (SSSR count). The average molecular weight is 187 g/mol. The zero-order valence-corrected chi connectivity index (χ0v) is 7.51. The van der Waals surface area contributed by atoms with Crippen molar-refractivity contribution in [2.24, 2.45) is 10.9 Å². The van der Waals surface area contributed by atoms with Crippen LogP contribution in [0.25, 0.3) is 0 Å². The molecule has 0 saturated heterocycles. The number of benzene rings is 1. The predicted octanol–water partition coefficient (Wildman–Crippen LogP) is 1.59. The Morgan fingerprint density at radius 2 is 2.07 bits per heavy atom. The second-order valence-corrected chi connectivity index (χ2v) is 3.36. The van der Waals surface area contributed by atoms with Gasteiger partial charge in [0.1, 0.15) is 0 Å². The molecule has 0 aliphatic heterocycles. The van der Waals surface area contributed by atoms with E-state index in [-0.39, 0.29) is 17.7 Å². The van der Waals surface area contributed by atoms with Gasteiger partial charge in [-0.2, -0.15) is 0 Å². The monoisotopic (exact) mass is 187 g/mol. The number of isocyanates is 1. The largest absolute Gasteiger partial charge is 0.294 e. The van der Waals surface area contributed by atoms with Gasteiger partial charge >= 0.3 is 0 Å². The van der Waals surface area contributed by atoms with E-state index in [0.717, 1.165) is 0 Å². The molecule has 1 fully saturated rings. The molecule has 0 N–H and O–H groups in total. The first kappa shape index (κ1) is 8.85. The van der Waals surface area contributed by atoms with Crippen LogP contribution in [0.2, 0.25) is 0 Å². The molecule has 1 aliphatic carbocycles. The first-order chi connectivity index (χ1) is 6.83. The molecular weight excluding hydrogens is 178 g/mol. The third kappa shape index (κ3) is 1.63. The highest BCUT2D eigenvalue weighted by Gasteiger charge is 2.43. The fourth-order valence-electron chi connectivity index (χ4n) is 1.49. The summed E-state index contributed by atoms with van der Waals surface area (Å²) in [6, 6.07) is 8.96. The van der Waals surface area contributed by atoms with Crippen LogP contribution in [0.4, 0.5) is 0 Å². The summed E-state index contributed by atoms with van der Waals surface area (Å²) in [6.45, 7) is 0. The summed E-state index contributed by atoms with van der Waals surface area (Å²) < 4.78 is 0. The third-order valence-electron chi connectivity index (χ3n) is 2.37. The van der Waals surface area contributed by atoms with Gasteiger partial charge in [0.25, 0.3) is 0 Å². The molecular formula is C11H9NO2. The first-order valence-corrected chi connectivity index (χ1v) is 4.49. The van der Waals surface area contributed by atoms with Crippen LogP contribution < -0.4 is 0 Å². The molecule has 1 aromatic carbocycles. The summed E-state index contributed by atoms with van der Waals surface area (Å²) in [6.07, 6.45) is 2.17. The van der Waals surface area contributed by atoms with Gasteiger partial charge in [-0.25, -0.2) is 9.79 Å². The zero-order valence-electron chi connectivity index (χ0n) is 7.51. The Kier molecular flexibility index (Phi) is 2.25. The summed E-state index contributed by atoms with van der Waals surface area (Å²) in [4.78, 5) is 25.2. The lowest BCUT2D eigenvalue weighted by Crippen LogP contribution is -2.03. The van der Waals surface area contributed by atoms with E-state index in [9.17, 15) is 9.59 Å².